The first-order valence-corrected chi connectivity index (χ1v) is 10.3. The fraction of sp³-hybridized carbons (Fsp3) is 0.391. The maximum absolute atomic E-state index is 13.3. The highest BCUT2D eigenvalue weighted by Gasteiger charge is 2.32. The van der Waals surface area contributed by atoms with Gasteiger partial charge < -0.3 is 20.3 Å². The Kier molecular flexibility index (Phi) is 7.40. The molecule has 2 aromatic carbocycles. The van der Waals surface area contributed by atoms with E-state index < -0.39 is 23.7 Å². The number of rotatable bonds is 6. The number of ether oxygens (including phenoxy) is 1. The number of benzene rings is 2. The van der Waals surface area contributed by atoms with Crippen molar-refractivity contribution in [2.45, 2.75) is 32.5 Å². The smallest absolute Gasteiger partial charge is 0.378 e. The number of morpholine rings is 1. The van der Waals surface area contributed by atoms with E-state index in [1.165, 1.54) is 13.0 Å². The highest BCUT2D eigenvalue weighted by atomic mass is 19.4. The molecular weight excluding hydrogens is 423 g/mol. The molecule has 172 valence electrons. The number of nitrogens with zero attached hydrogens (tertiary/aromatic N) is 1. The molecule has 32 heavy (non-hydrogen) atoms. The Morgan fingerprint density at radius 2 is 1.75 bits per heavy atom. The number of alkyl halides is 3. The zero-order valence-electron chi connectivity index (χ0n) is 18.0. The zero-order valence-corrected chi connectivity index (χ0v) is 18.0. The van der Waals surface area contributed by atoms with Gasteiger partial charge in [-0.2, -0.15) is 13.2 Å². The number of carbonyl (C=O) groups is 2. The summed E-state index contributed by atoms with van der Waals surface area (Å²) in [4.78, 5) is 26.4. The Labute approximate surface area is 184 Å². The quantitative estimate of drug-likeness (QED) is 0.698. The third-order valence-electron chi connectivity index (χ3n) is 5.20. The van der Waals surface area contributed by atoms with Gasteiger partial charge in [-0.1, -0.05) is 29.8 Å². The molecule has 0 aliphatic carbocycles. The van der Waals surface area contributed by atoms with Gasteiger partial charge in [0.15, 0.2) is 0 Å². The van der Waals surface area contributed by atoms with Crippen LogP contribution in [0.3, 0.4) is 0 Å². The lowest BCUT2D eigenvalue weighted by Crippen LogP contribution is -2.37. The van der Waals surface area contributed by atoms with E-state index >= 15 is 0 Å². The maximum atomic E-state index is 13.3. The van der Waals surface area contributed by atoms with E-state index in [0.29, 0.717) is 32.0 Å². The molecule has 0 spiro atoms. The largest absolute Gasteiger partial charge is 0.416 e. The SMILES string of the molecule is CC(=O)NC(CC(=O)Nc1cc(C(F)(F)F)ccc1N1CCOCC1)c1ccc(C)cc1. The van der Waals surface area contributed by atoms with Gasteiger partial charge in [0.05, 0.1) is 42.6 Å². The van der Waals surface area contributed by atoms with Gasteiger partial charge in [-0.3, -0.25) is 9.59 Å². The molecule has 1 unspecified atom stereocenters. The van der Waals surface area contributed by atoms with Crippen molar-refractivity contribution in [3.8, 4) is 0 Å². The number of nitrogens with one attached hydrogen (secondary N) is 2. The van der Waals surface area contributed by atoms with Crippen molar-refractivity contribution in [1.29, 1.82) is 0 Å². The summed E-state index contributed by atoms with van der Waals surface area (Å²) in [5, 5.41) is 5.37. The van der Waals surface area contributed by atoms with Crippen LogP contribution >= 0.6 is 0 Å². The Morgan fingerprint density at radius 3 is 2.34 bits per heavy atom. The van der Waals surface area contributed by atoms with Crippen LogP contribution in [0.25, 0.3) is 0 Å². The van der Waals surface area contributed by atoms with E-state index in [2.05, 4.69) is 10.6 Å². The van der Waals surface area contributed by atoms with E-state index in [1.54, 1.807) is 0 Å². The summed E-state index contributed by atoms with van der Waals surface area (Å²) in [6.45, 7) is 5.18. The van der Waals surface area contributed by atoms with Crippen molar-refractivity contribution in [3.63, 3.8) is 0 Å². The molecule has 3 rings (SSSR count). The zero-order chi connectivity index (χ0) is 23.3. The van der Waals surface area contributed by atoms with E-state index in [-0.39, 0.29) is 18.0 Å². The van der Waals surface area contributed by atoms with Crippen molar-refractivity contribution >= 4 is 23.2 Å². The maximum Gasteiger partial charge on any atom is 0.416 e. The van der Waals surface area contributed by atoms with Gasteiger partial charge in [-0.25, -0.2) is 0 Å². The molecule has 0 bridgehead atoms. The summed E-state index contributed by atoms with van der Waals surface area (Å²) < 4.78 is 45.2. The highest BCUT2D eigenvalue weighted by molar-refractivity contribution is 5.95. The predicted octanol–water partition coefficient (Wildman–Crippen LogP) is 4.06. The second-order valence-corrected chi connectivity index (χ2v) is 7.75. The molecule has 2 aromatic rings. The van der Waals surface area contributed by atoms with Crippen LogP contribution in [0.4, 0.5) is 24.5 Å². The summed E-state index contributed by atoms with van der Waals surface area (Å²) in [7, 11) is 0. The minimum Gasteiger partial charge on any atom is -0.378 e. The van der Waals surface area contributed by atoms with Crippen molar-refractivity contribution in [2.24, 2.45) is 0 Å². The predicted molar refractivity (Wildman–Crippen MR) is 115 cm³/mol. The van der Waals surface area contributed by atoms with Crippen LogP contribution in [0.15, 0.2) is 42.5 Å². The molecule has 1 fully saturated rings. The first kappa shape index (κ1) is 23.6. The Morgan fingerprint density at radius 1 is 1.09 bits per heavy atom. The lowest BCUT2D eigenvalue weighted by molar-refractivity contribution is -0.137. The number of hydrogen-bond donors (Lipinski definition) is 2. The Bertz CT molecular complexity index is 955. The van der Waals surface area contributed by atoms with Gasteiger partial charge in [0.2, 0.25) is 11.8 Å². The lowest BCUT2D eigenvalue weighted by Gasteiger charge is -2.31. The number of anilines is 2. The minimum absolute atomic E-state index is 0.0807. The van der Waals surface area contributed by atoms with Crippen LogP contribution in [-0.4, -0.2) is 38.1 Å². The molecule has 0 aromatic heterocycles. The first-order chi connectivity index (χ1) is 15.1. The summed E-state index contributed by atoms with van der Waals surface area (Å²) in [5.74, 6) is -0.811. The fourth-order valence-electron chi connectivity index (χ4n) is 3.58. The van der Waals surface area contributed by atoms with Crippen LogP contribution < -0.4 is 15.5 Å². The molecule has 2 N–H and O–H groups in total. The van der Waals surface area contributed by atoms with Crippen LogP contribution in [-0.2, 0) is 20.5 Å². The van der Waals surface area contributed by atoms with Crippen LogP contribution in [0, 0.1) is 6.92 Å². The summed E-state index contributed by atoms with van der Waals surface area (Å²) in [6.07, 6.45) is -4.66. The normalized spacial score (nSPS) is 15.2. The lowest BCUT2D eigenvalue weighted by atomic mass is 10.0. The number of carbonyl (C=O) groups excluding carboxylic acids is 2. The molecule has 9 heteroatoms. The molecule has 1 aliphatic rings. The number of amides is 2. The van der Waals surface area contributed by atoms with Gasteiger partial charge in [0, 0.05) is 20.0 Å². The van der Waals surface area contributed by atoms with Gasteiger partial charge in [-0.15, -0.1) is 0 Å². The van der Waals surface area contributed by atoms with Crippen LogP contribution in [0.1, 0.15) is 36.1 Å². The summed E-state index contributed by atoms with van der Waals surface area (Å²) in [5.41, 5.74) is 1.50. The molecule has 1 heterocycles. The summed E-state index contributed by atoms with van der Waals surface area (Å²) in [6, 6.07) is 10.1. The highest BCUT2D eigenvalue weighted by Crippen LogP contribution is 2.36. The minimum atomic E-state index is -4.54. The molecule has 1 aliphatic heterocycles. The van der Waals surface area contributed by atoms with E-state index in [9.17, 15) is 22.8 Å². The van der Waals surface area contributed by atoms with E-state index in [4.69, 9.17) is 4.74 Å². The fourth-order valence-corrected chi connectivity index (χ4v) is 3.58. The Balaban J connectivity index is 1.84. The van der Waals surface area contributed by atoms with Gasteiger partial charge in [0.1, 0.15) is 0 Å². The topological polar surface area (TPSA) is 70.7 Å². The molecule has 1 saturated heterocycles. The molecule has 0 saturated carbocycles. The van der Waals surface area contributed by atoms with Crippen molar-refractivity contribution in [2.75, 3.05) is 36.5 Å². The average molecular weight is 449 g/mol. The van der Waals surface area contributed by atoms with E-state index in [0.717, 1.165) is 23.3 Å². The second-order valence-electron chi connectivity index (χ2n) is 7.75. The third-order valence-corrected chi connectivity index (χ3v) is 5.20. The van der Waals surface area contributed by atoms with Gasteiger partial charge in [-0.05, 0) is 30.7 Å². The molecular formula is C23H26F3N3O3. The number of aryl methyl sites for hydroxylation is 1. The van der Waals surface area contributed by atoms with Crippen LogP contribution in [0.5, 0.6) is 0 Å². The molecule has 0 radical (unpaired) electrons. The first-order valence-electron chi connectivity index (χ1n) is 10.3. The van der Waals surface area contributed by atoms with E-state index in [1.807, 2.05) is 36.1 Å². The van der Waals surface area contributed by atoms with Crippen molar-refractivity contribution < 1.29 is 27.5 Å². The molecule has 2 amide bonds. The molecule has 6 nitrogen and oxygen atoms in total. The van der Waals surface area contributed by atoms with Crippen LogP contribution in [0.2, 0.25) is 0 Å². The Hall–Kier alpha value is -3.07. The summed E-state index contributed by atoms with van der Waals surface area (Å²) >= 11 is 0. The standard InChI is InChI=1S/C23H26F3N3O3/c1-15-3-5-17(6-4-15)19(27-16(2)30)14-22(31)28-20-13-18(23(24,25)26)7-8-21(20)29-9-11-32-12-10-29/h3-8,13,19H,9-12,14H2,1-2H3,(H,27,30)(H,28,31). The number of hydrogen-bond acceptors (Lipinski definition) is 4. The molecule has 1 atom stereocenters. The van der Waals surface area contributed by atoms with Gasteiger partial charge >= 0.3 is 6.18 Å². The monoisotopic (exact) mass is 449 g/mol. The average Bonchev–Trinajstić information content (AvgIpc) is 2.73. The van der Waals surface area contributed by atoms with Crippen molar-refractivity contribution in [3.05, 3.63) is 59.2 Å². The number of halogens is 3. The third kappa shape index (κ3) is 6.23. The van der Waals surface area contributed by atoms with Gasteiger partial charge in [0.25, 0.3) is 0 Å². The van der Waals surface area contributed by atoms with Crippen molar-refractivity contribution in [1.82, 2.24) is 5.32 Å². The second kappa shape index (κ2) is 10.0.